The number of halogens is 1. The molecule has 0 aliphatic rings. The zero-order valence-corrected chi connectivity index (χ0v) is 8.91. The molecule has 1 aromatic rings. The molecule has 0 saturated heterocycles. The first kappa shape index (κ1) is 10.9. The fraction of sp³-hybridized carbons (Fsp3) is 0.250. The Morgan fingerprint density at radius 3 is 3.00 bits per heavy atom. The lowest BCUT2D eigenvalue weighted by atomic mass is 10.6. The summed E-state index contributed by atoms with van der Waals surface area (Å²) in [6.45, 7) is 3.90. The highest BCUT2D eigenvalue weighted by molar-refractivity contribution is 9.10. The zero-order chi connectivity index (χ0) is 10.6. The Morgan fingerprint density at radius 2 is 2.36 bits per heavy atom. The first-order chi connectivity index (χ1) is 6.65. The van der Waals surface area contributed by atoms with Crippen LogP contribution in [-0.4, -0.2) is 16.2 Å². The molecule has 1 N–H and O–H groups in total. The Labute approximate surface area is 88.2 Å². The van der Waals surface area contributed by atoms with Gasteiger partial charge >= 0.3 is 5.69 Å². The number of aromatic amines is 1. The maximum atomic E-state index is 11.2. The Kier molecular flexibility index (Phi) is 3.84. The molecule has 1 rings (SSSR count). The highest BCUT2D eigenvalue weighted by Gasteiger charge is 2.00. The van der Waals surface area contributed by atoms with E-state index in [0.717, 1.165) is 0 Å². The first-order valence-corrected chi connectivity index (χ1v) is 4.62. The number of rotatable bonds is 4. The summed E-state index contributed by atoms with van der Waals surface area (Å²) in [6.07, 6.45) is 2.95. The van der Waals surface area contributed by atoms with E-state index in [0.29, 0.717) is 11.1 Å². The van der Waals surface area contributed by atoms with Crippen LogP contribution in [0.1, 0.15) is 0 Å². The van der Waals surface area contributed by atoms with Gasteiger partial charge in [-0.05, 0) is 15.9 Å². The third-order valence-corrected chi connectivity index (χ3v) is 2.00. The van der Waals surface area contributed by atoms with Crippen LogP contribution in [0.2, 0.25) is 0 Å². The number of hydrogen-bond acceptors (Lipinski definition) is 3. The van der Waals surface area contributed by atoms with Crippen molar-refractivity contribution in [2.24, 2.45) is 0 Å². The predicted octanol–water partition coefficient (Wildman–Crippen LogP) is 0.459. The van der Waals surface area contributed by atoms with E-state index in [1.54, 1.807) is 6.08 Å². The second kappa shape index (κ2) is 4.92. The monoisotopic (exact) mass is 260 g/mol. The van der Waals surface area contributed by atoms with Crippen molar-refractivity contribution in [3.8, 4) is 0 Å². The van der Waals surface area contributed by atoms with Crippen LogP contribution >= 0.6 is 15.9 Å². The van der Waals surface area contributed by atoms with Crippen LogP contribution in [0.3, 0.4) is 0 Å². The van der Waals surface area contributed by atoms with Crippen LogP contribution in [0.5, 0.6) is 0 Å². The SMILES string of the molecule is C=CCOCn1cc(Br)c(=O)[nH]c1=O. The number of ether oxygens (including phenoxy) is 1. The molecule has 0 spiro atoms. The minimum Gasteiger partial charge on any atom is -0.357 e. The first-order valence-electron chi connectivity index (χ1n) is 3.83. The van der Waals surface area contributed by atoms with Crippen molar-refractivity contribution < 1.29 is 4.74 Å². The van der Waals surface area contributed by atoms with E-state index in [-0.39, 0.29) is 6.73 Å². The molecule has 0 aliphatic heterocycles. The van der Waals surface area contributed by atoms with Gasteiger partial charge in [0.2, 0.25) is 0 Å². The van der Waals surface area contributed by atoms with Gasteiger partial charge in [0.25, 0.3) is 5.56 Å². The lowest BCUT2D eigenvalue weighted by Crippen LogP contribution is -2.30. The van der Waals surface area contributed by atoms with Crippen molar-refractivity contribution >= 4 is 15.9 Å². The van der Waals surface area contributed by atoms with Gasteiger partial charge in [0.05, 0.1) is 11.1 Å². The standard InChI is InChI=1S/C8H9BrN2O3/c1-2-3-14-5-11-4-6(9)7(12)10-8(11)13/h2,4H,1,3,5H2,(H,10,12,13). The molecule has 6 heteroatoms. The summed E-state index contributed by atoms with van der Waals surface area (Å²) >= 11 is 3.01. The van der Waals surface area contributed by atoms with Gasteiger partial charge < -0.3 is 4.74 Å². The lowest BCUT2D eigenvalue weighted by molar-refractivity contribution is 0.0964. The largest absolute Gasteiger partial charge is 0.357 e. The molecule has 0 atom stereocenters. The quantitative estimate of drug-likeness (QED) is 0.632. The Hall–Kier alpha value is -1.14. The Morgan fingerprint density at radius 1 is 1.64 bits per heavy atom. The molecule has 0 amide bonds. The van der Waals surface area contributed by atoms with Gasteiger partial charge in [0.1, 0.15) is 6.73 Å². The van der Waals surface area contributed by atoms with E-state index in [4.69, 9.17) is 4.74 Å². The molecule has 0 aromatic carbocycles. The van der Waals surface area contributed by atoms with E-state index in [2.05, 4.69) is 27.5 Å². The highest BCUT2D eigenvalue weighted by Crippen LogP contribution is 1.97. The molecule has 1 heterocycles. The van der Waals surface area contributed by atoms with Crippen molar-refractivity contribution in [3.05, 3.63) is 44.2 Å². The lowest BCUT2D eigenvalue weighted by Gasteiger charge is -2.04. The van der Waals surface area contributed by atoms with Gasteiger partial charge in [-0.15, -0.1) is 6.58 Å². The normalized spacial score (nSPS) is 10.1. The smallest absolute Gasteiger partial charge is 0.330 e. The topological polar surface area (TPSA) is 64.1 Å². The summed E-state index contributed by atoms with van der Waals surface area (Å²) in [6, 6.07) is 0. The Balaban J connectivity index is 2.87. The van der Waals surface area contributed by atoms with Crippen LogP contribution < -0.4 is 11.2 Å². The minimum absolute atomic E-state index is 0.0836. The summed E-state index contributed by atoms with van der Waals surface area (Å²) < 4.78 is 6.58. The van der Waals surface area contributed by atoms with Gasteiger partial charge in [-0.1, -0.05) is 6.08 Å². The molecular weight excluding hydrogens is 252 g/mol. The van der Waals surface area contributed by atoms with Crippen LogP contribution in [0, 0.1) is 0 Å². The number of aromatic nitrogens is 2. The van der Waals surface area contributed by atoms with Crippen LogP contribution in [0.25, 0.3) is 0 Å². The van der Waals surface area contributed by atoms with Gasteiger partial charge in [-0.25, -0.2) is 4.79 Å². The van der Waals surface area contributed by atoms with Gasteiger partial charge in [-0.2, -0.15) is 0 Å². The fourth-order valence-corrected chi connectivity index (χ4v) is 1.16. The maximum absolute atomic E-state index is 11.2. The molecule has 5 nitrogen and oxygen atoms in total. The van der Waals surface area contributed by atoms with E-state index in [1.165, 1.54) is 10.8 Å². The molecule has 76 valence electrons. The summed E-state index contributed by atoms with van der Waals surface area (Å²) in [7, 11) is 0. The minimum atomic E-state index is -0.498. The molecule has 0 radical (unpaired) electrons. The van der Waals surface area contributed by atoms with Crippen LogP contribution in [0.4, 0.5) is 0 Å². The van der Waals surface area contributed by atoms with E-state index >= 15 is 0 Å². The third-order valence-electron chi connectivity index (χ3n) is 1.43. The fourth-order valence-electron chi connectivity index (χ4n) is 0.813. The van der Waals surface area contributed by atoms with E-state index < -0.39 is 11.2 Å². The van der Waals surface area contributed by atoms with E-state index in [9.17, 15) is 9.59 Å². The number of nitrogens with zero attached hydrogens (tertiary/aromatic N) is 1. The second-order valence-electron chi connectivity index (χ2n) is 2.49. The number of H-pyrrole nitrogens is 1. The van der Waals surface area contributed by atoms with Crippen molar-refractivity contribution in [2.45, 2.75) is 6.73 Å². The van der Waals surface area contributed by atoms with Crippen molar-refractivity contribution in [3.63, 3.8) is 0 Å². The predicted molar refractivity (Wildman–Crippen MR) is 55.2 cm³/mol. The Bertz CT molecular complexity index is 435. The number of nitrogens with one attached hydrogen (secondary N) is 1. The second-order valence-corrected chi connectivity index (χ2v) is 3.35. The van der Waals surface area contributed by atoms with Crippen LogP contribution in [0.15, 0.2) is 32.9 Å². The van der Waals surface area contributed by atoms with Gasteiger partial charge in [0.15, 0.2) is 0 Å². The highest BCUT2D eigenvalue weighted by atomic mass is 79.9. The summed E-state index contributed by atoms with van der Waals surface area (Å²) in [5.41, 5.74) is -0.947. The summed E-state index contributed by atoms with van der Waals surface area (Å²) in [4.78, 5) is 24.2. The van der Waals surface area contributed by atoms with Crippen molar-refractivity contribution in [1.29, 1.82) is 0 Å². The van der Waals surface area contributed by atoms with Gasteiger partial charge in [-0.3, -0.25) is 14.3 Å². The zero-order valence-electron chi connectivity index (χ0n) is 7.33. The van der Waals surface area contributed by atoms with Crippen molar-refractivity contribution in [1.82, 2.24) is 9.55 Å². The molecular formula is C8H9BrN2O3. The molecule has 1 aromatic heterocycles. The van der Waals surface area contributed by atoms with Crippen LogP contribution in [-0.2, 0) is 11.5 Å². The average Bonchev–Trinajstić information content (AvgIpc) is 2.14. The molecule has 0 saturated carbocycles. The molecule has 14 heavy (non-hydrogen) atoms. The average molecular weight is 261 g/mol. The molecule has 0 fully saturated rings. The third kappa shape index (κ3) is 2.68. The molecule has 0 aliphatic carbocycles. The molecule has 0 bridgehead atoms. The summed E-state index contributed by atoms with van der Waals surface area (Å²) in [5.74, 6) is 0. The molecule has 0 unspecified atom stereocenters. The van der Waals surface area contributed by atoms with Gasteiger partial charge in [0, 0.05) is 6.20 Å². The number of hydrogen-bond donors (Lipinski definition) is 1. The van der Waals surface area contributed by atoms with Crippen molar-refractivity contribution in [2.75, 3.05) is 6.61 Å². The summed E-state index contributed by atoms with van der Waals surface area (Å²) in [5, 5.41) is 0. The maximum Gasteiger partial charge on any atom is 0.330 e. The van der Waals surface area contributed by atoms with E-state index in [1.807, 2.05) is 0 Å².